The molecule has 2 aliphatic rings. The summed E-state index contributed by atoms with van der Waals surface area (Å²) >= 11 is 3.80. The maximum Gasteiger partial charge on any atom is 0.284 e. The van der Waals surface area contributed by atoms with E-state index in [-0.39, 0.29) is 11.6 Å². The number of para-hydroxylation sites is 2. The van der Waals surface area contributed by atoms with E-state index in [0.29, 0.717) is 39.0 Å². The summed E-state index contributed by atoms with van der Waals surface area (Å²) < 4.78 is 20.9. The number of hydrogen-bond acceptors (Lipinski definition) is 3. The number of carbonyl (C=O) groups is 1. The van der Waals surface area contributed by atoms with Gasteiger partial charge in [-0.3, -0.25) is 14.3 Å². The average molecular weight is 538 g/mol. The fraction of sp³-hybridized carbons (Fsp3) is 0.296. The minimum Gasteiger partial charge on any atom is -0.304 e. The molecule has 1 unspecified atom stereocenters. The van der Waals surface area contributed by atoms with Gasteiger partial charge in [-0.05, 0) is 48.4 Å². The molecule has 1 atom stereocenters. The molecule has 2 saturated heterocycles. The van der Waals surface area contributed by atoms with Gasteiger partial charge < -0.3 is 9.34 Å². The summed E-state index contributed by atoms with van der Waals surface area (Å²) in [4.78, 5) is 14.4. The van der Waals surface area contributed by atoms with Gasteiger partial charge in [-0.15, -0.1) is 0 Å². The molecule has 34 heavy (non-hydrogen) atoms. The largest absolute Gasteiger partial charge is 0.304 e. The highest BCUT2D eigenvalue weighted by Crippen LogP contribution is 2.70. The summed E-state index contributed by atoms with van der Waals surface area (Å²) in [6.45, 7) is 4.62. The van der Waals surface area contributed by atoms with Crippen molar-refractivity contribution in [3.05, 3.63) is 94.5 Å². The van der Waals surface area contributed by atoms with Gasteiger partial charge in [0.15, 0.2) is 0 Å². The summed E-state index contributed by atoms with van der Waals surface area (Å²) in [6.07, 6.45) is 0.993. The Morgan fingerprint density at radius 2 is 1.32 bits per heavy atom. The van der Waals surface area contributed by atoms with Gasteiger partial charge in [0.25, 0.3) is 7.44 Å². The van der Waals surface area contributed by atoms with Gasteiger partial charge in [-0.2, -0.15) is 0 Å². The third kappa shape index (κ3) is 4.24. The third-order valence-electron chi connectivity index (χ3n) is 6.78. The number of aryl methyl sites for hydroxylation is 1. The minimum absolute atomic E-state index is 0.280. The molecule has 5 nitrogen and oxygen atoms in total. The van der Waals surface area contributed by atoms with Gasteiger partial charge in [-0.25, -0.2) is 0 Å². The second-order valence-corrected chi connectivity index (χ2v) is 12.5. The Morgan fingerprint density at radius 1 is 0.794 bits per heavy atom. The molecule has 2 fully saturated rings. The second-order valence-electron chi connectivity index (χ2n) is 8.98. The van der Waals surface area contributed by atoms with E-state index in [1.54, 1.807) is 0 Å². The lowest BCUT2D eigenvalue weighted by molar-refractivity contribution is -0.121. The number of Topliss-reactive ketones (excluding diaryl/α,β-unsaturated/α-hetero) is 1. The molecule has 0 aliphatic carbocycles. The first-order chi connectivity index (χ1) is 16.5. The number of hydrogen-bond donors (Lipinski definition) is 0. The van der Waals surface area contributed by atoms with Gasteiger partial charge in [0.1, 0.15) is 11.6 Å². The van der Waals surface area contributed by atoms with Gasteiger partial charge in [0.05, 0.1) is 0 Å². The lowest BCUT2D eigenvalue weighted by Gasteiger charge is -2.44. The zero-order chi connectivity index (χ0) is 23.7. The molecule has 3 aromatic carbocycles. The Kier molecular flexibility index (Phi) is 6.65. The number of piperidine rings is 1. The normalized spacial score (nSPS) is 19.4. The van der Waals surface area contributed by atoms with E-state index in [4.69, 9.17) is 0 Å². The second kappa shape index (κ2) is 9.69. The zero-order valence-corrected chi connectivity index (χ0v) is 21.8. The smallest absolute Gasteiger partial charge is 0.284 e. The highest BCUT2D eigenvalue weighted by Gasteiger charge is 2.52. The van der Waals surface area contributed by atoms with Crippen LogP contribution >= 0.6 is 23.4 Å². The molecule has 176 valence electrons. The van der Waals surface area contributed by atoms with Crippen LogP contribution in [0, 0.1) is 6.92 Å². The lowest BCUT2D eigenvalue weighted by atomic mass is 10.1. The van der Waals surface area contributed by atoms with Crippen LogP contribution in [0.25, 0.3) is 0 Å². The predicted molar refractivity (Wildman–Crippen MR) is 143 cm³/mol. The predicted octanol–water partition coefficient (Wildman–Crippen LogP) is 6.64. The van der Waals surface area contributed by atoms with E-state index in [1.807, 2.05) is 60.7 Å². The molecule has 0 saturated carbocycles. The van der Waals surface area contributed by atoms with E-state index in [1.165, 1.54) is 0 Å². The summed E-state index contributed by atoms with van der Waals surface area (Å²) in [6, 6.07) is 26.4. The molecule has 5 rings (SSSR count). The van der Waals surface area contributed by atoms with E-state index in [2.05, 4.69) is 55.3 Å². The molecule has 2 heterocycles. The van der Waals surface area contributed by atoms with Gasteiger partial charge in [0, 0.05) is 54.9 Å². The Hall–Kier alpha value is -2.40. The molecule has 3 aromatic rings. The zero-order valence-electron chi connectivity index (χ0n) is 19.3. The summed E-state index contributed by atoms with van der Waals surface area (Å²) in [5.74, 6) is -0.0963. The Morgan fingerprint density at radius 3 is 1.82 bits per heavy atom. The van der Waals surface area contributed by atoms with Gasteiger partial charge in [0.2, 0.25) is 0 Å². The fourth-order valence-corrected chi connectivity index (χ4v) is 9.71. The van der Waals surface area contributed by atoms with Crippen molar-refractivity contribution >= 4 is 40.5 Å². The molecule has 0 spiro atoms. The van der Waals surface area contributed by atoms with Crippen LogP contribution < -0.4 is 9.34 Å². The number of anilines is 2. The summed E-state index contributed by atoms with van der Waals surface area (Å²) in [7, 11) is -3.25. The highest BCUT2D eigenvalue weighted by atomic mass is 79.9. The topological polar surface area (TPSA) is 43.9 Å². The van der Waals surface area contributed by atoms with Gasteiger partial charge in [-0.1, -0.05) is 64.5 Å². The van der Waals surface area contributed by atoms with Crippen molar-refractivity contribution in [2.45, 2.75) is 25.5 Å². The minimum atomic E-state index is -3.25. The Labute approximate surface area is 210 Å². The Balaban J connectivity index is 1.71. The standard InChI is InChI=1S/C27H29BrN3O2P/c1-21-12-13-25(26(28)20-21)27(29-16-14-24(32)15-17-29)34(33)30(22-8-4-2-5-9-22)18-19-31(34)23-10-6-3-7-11-23/h2-13,20,27H,14-19H2,1H3. The van der Waals surface area contributed by atoms with Crippen molar-refractivity contribution in [1.29, 1.82) is 0 Å². The first-order valence-corrected chi connectivity index (χ1v) is 14.2. The first-order valence-electron chi connectivity index (χ1n) is 11.8. The number of likely N-dealkylation sites (tertiary alicyclic amines) is 1. The van der Waals surface area contributed by atoms with Crippen LogP contribution in [0.15, 0.2) is 83.3 Å². The van der Waals surface area contributed by atoms with E-state index in [9.17, 15) is 4.79 Å². The van der Waals surface area contributed by atoms with E-state index < -0.39 is 7.44 Å². The van der Waals surface area contributed by atoms with Crippen molar-refractivity contribution in [3.8, 4) is 0 Å². The molecular formula is C27H29BrN3O2P. The summed E-state index contributed by atoms with van der Waals surface area (Å²) in [5.41, 5.74) is 4.08. The number of ketones is 1. The Bertz CT molecular complexity index is 1160. The molecular weight excluding hydrogens is 509 g/mol. The summed E-state index contributed by atoms with van der Waals surface area (Å²) in [5, 5.41) is 0. The van der Waals surface area contributed by atoms with Crippen molar-refractivity contribution in [1.82, 2.24) is 4.90 Å². The van der Waals surface area contributed by atoms with Gasteiger partial charge >= 0.3 is 0 Å². The lowest BCUT2D eigenvalue weighted by Crippen LogP contribution is -2.40. The molecule has 0 N–H and O–H groups in total. The van der Waals surface area contributed by atoms with Crippen LogP contribution in [-0.2, 0) is 9.36 Å². The number of carbonyl (C=O) groups excluding carboxylic acids is 1. The number of nitrogens with zero attached hydrogens (tertiary/aromatic N) is 3. The van der Waals surface area contributed by atoms with Crippen LogP contribution in [0.4, 0.5) is 11.4 Å². The monoisotopic (exact) mass is 537 g/mol. The van der Waals surface area contributed by atoms with Crippen LogP contribution in [0.1, 0.15) is 29.8 Å². The van der Waals surface area contributed by atoms with Crippen LogP contribution in [-0.4, -0.2) is 36.9 Å². The van der Waals surface area contributed by atoms with Crippen molar-refractivity contribution < 1.29 is 9.36 Å². The average Bonchev–Trinajstić information content (AvgIpc) is 3.20. The maximum absolute atomic E-state index is 15.7. The van der Waals surface area contributed by atoms with Crippen molar-refractivity contribution in [3.63, 3.8) is 0 Å². The molecule has 7 heteroatoms. The van der Waals surface area contributed by atoms with Crippen LogP contribution in [0.2, 0.25) is 0 Å². The highest BCUT2D eigenvalue weighted by molar-refractivity contribution is 9.10. The van der Waals surface area contributed by atoms with E-state index in [0.717, 1.165) is 27.0 Å². The number of rotatable bonds is 5. The van der Waals surface area contributed by atoms with Crippen molar-refractivity contribution in [2.75, 3.05) is 35.5 Å². The van der Waals surface area contributed by atoms with Crippen LogP contribution in [0.3, 0.4) is 0 Å². The van der Waals surface area contributed by atoms with Crippen molar-refractivity contribution in [2.24, 2.45) is 0 Å². The molecule has 0 radical (unpaired) electrons. The first kappa shape index (κ1) is 23.3. The van der Waals surface area contributed by atoms with E-state index >= 15 is 4.57 Å². The fourth-order valence-electron chi connectivity index (χ4n) is 5.11. The quantitative estimate of drug-likeness (QED) is 0.341. The molecule has 0 aromatic heterocycles. The van der Waals surface area contributed by atoms with Crippen LogP contribution in [0.5, 0.6) is 0 Å². The SMILES string of the molecule is Cc1ccc(C(N2CCC(=O)CC2)P2(=O)N(c3ccccc3)CCN2c2ccccc2)c(Br)c1. The number of halogens is 1. The molecule has 2 aliphatic heterocycles. The third-order valence-corrected chi connectivity index (χ3v) is 11.0. The molecule has 0 amide bonds. The number of benzene rings is 3. The maximum atomic E-state index is 15.7. The molecule has 0 bridgehead atoms.